The quantitative estimate of drug-likeness (QED) is 0.0349. The average Bonchev–Trinajstić information content (AvgIpc) is 3.21. The Balaban J connectivity index is 2.31. The van der Waals surface area contributed by atoms with Gasteiger partial charge >= 0.3 is 0 Å². The number of aliphatic imine (C=N–C) groups is 1. The molecule has 342 valence electrons. The molecule has 0 unspecified atom stereocenters. The predicted octanol–water partition coefficient (Wildman–Crippen LogP) is -0.742. The lowest BCUT2D eigenvalue weighted by molar-refractivity contribution is -0.143. The second kappa shape index (κ2) is 25.7. The minimum Gasteiger partial charge on any atom is -0.394 e. The van der Waals surface area contributed by atoms with Crippen molar-refractivity contribution in [3.8, 4) is 0 Å². The maximum Gasteiger partial charge on any atom is 0.248 e. The molecule has 0 aromatic heterocycles. The maximum atomic E-state index is 14.4. The van der Waals surface area contributed by atoms with Crippen LogP contribution >= 0.6 is 11.8 Å². The van der Waals surface area contributed by atoms with Crippen LogP contribution in [0.2, 0.25) is 0 Å². The van der Waals surface area contributed by atoms with Crippen molar-refractivity contribution in [1.82, 2.24) is 31.5 Å². The van der Waals surface area contributed by atoms with Crippen LogP contribution in [0.5, 0.6) is 0 Å². The largest absolute Gasteiger partial charge is 0.394 e. The Hall–Kier alpha value is -4.95. The number of hydrogen-bond acceptors (Lipinski definition) is 11. The number of aliphatic hydroxyl groups is 1. The number of aliphatic hydroxyl groups excluding tert-OH is 1. The number of rotatable bonds is 24. The Morgan fingerprint density at radius 3 is 1.97 bits per heavy atom. The van der Waals surface area contributed by atoms with Gasteiger partial charge in [0, 0.05) is 13.6 Å². The highest BCUT2D eigenvalue weighted by Gasteiger charge is 2.37. The Kier molecular flexibility index (Phi) is 22.0. The van der Waals surface area contributed by atoms with E-state index in [2.05, 4.69) is 31.6 Å². The van der Waals surface area contributed by atoms with Gasteiger partial charge < -0.3 is 59.5 Å². The highest BCUT2D eigenvalue weighted by atomic mass is 32.2. The van der Waals surface area contributed by atoms with Gasteiger partial charge in [-0.1, -0.05) is 83.2 Å². The van der Waals surface area contributed by atoms with E-state index in [9.17, 15) is 38.7 Å². The van der Waals surface area contributed by atoms with Gasteiger partial charge in [-0.25, -0.2) is 0 Å². The van der Waals surface area contributed by atoms with Gasteiger partial charge in [0.2, 0.25) is 41.4 Å². The molecule has 0 spiro atoms. The molecule has 1 saturated carbocycles. The van der Waals surface area contributed by atoms with Gasteiger partial charge in [0.25, 0.3) is 0 Å². The van der Waals surface area contributed by atoms with Crippen molar-refractivity contribution in [2.24, 2.45) is 39.3 Å². The van der Waals surface area contributed by atoms with Crippen LogP contribution in [0, 0.1) is 11.3 Å². The molecule has 0 heterocycles. The van der Waals surface area contributed by atoms with E-state index < -0.39 is 95.7 Å². The molecule has 1 aromatic rings. The lowest BCUT2D eigenvalue weighted by Gasteiger charge is -2.33. The van der Waals surface area contributed by atoms with Gasteiger partial charge in [-0.3, -0.25) is 38.6 Å². The monoisotopic (exact) mass is 876 g/mol. The van der Waals surface area contributed by atoms with Gasteiger partial charge in [-0.15, -0.1) is 0 Å². The normalized spacial score (nSPS) is 16.5. The van der Waals surface area contributed by atoms with Crippen LogP contribution in [-0.2, 0) is 33.6 Å². The summed E-state index contributed by atoms with van der Waals surface area (Å²) < 4.78 is 0. The Labute approximate surface area is 363 Å². The number of nitrogens with two attached hydrogens (primary N) is 4. The van der Waals surface area contributed by atoms with Gasteiger partial charge in [-0.05, 0) is 61.5 Å². The van der Waals surface area contributed by atoms with Crippen molar-refractivity contribution in [3.05, 3.63) is 35.9 Å². The fourth-order valence-electron chi connectivity index (χ4n) is 7.07. The van der Waals surface area contributed by atoms with Gasteiger partial charge in [0.1, 0.15) is 36.3 Å². The molecular weight excluding hydrogens is 807 g/mol. The van der Waals surface area contributed by atoms with Crippen LogP contribution in [0.3, 0.4) is 0 Å². The minimum absolute atomic E-state index is 0.123. The number of amides is 7. The number of carbonyl (C=O) groups excluding carboxylic acids is 7. The molecule has 61 heavy (non-hydrogen) atoms. The molecule has 19 nitrogen and oxygen atoms in total. The van der Waals surface area contributed by atoms with Crippen molar-refractivity contribution in [2.75, 3.05) is 32.2 Å². The Bertz CT molecular complexity index is 1650. The maximum absolute atomic E-state index is 14.4. The first kappa shape index (κ1) is 52.2. The highest BCUT2D eigenvalue weighted by molar-refractivity contribution is 7.98. The molecule has 1 aromatic carbocycles. The van der Waals surface area contributed by atoms with E-state index in [1.54, 1.807) is 51.1 Å². The highest BCUT2D eigenvalue weighted by Crippen LogP contribution is 2.27. The summed E-state index contributed by atoms with van der Waals surface area (Å²) in [6.07, 6.45) is 8.17. The SMILES string of the molecule is CSCC[C@H](NC(=O)[C@H](c1ccccc1)N(C)C(=O)[C@H](CCCN=C(N)N)NC(=O)[C@@H](N)CC1CCCCC1)C(=O)N[C@@H](C)C(=O)N[C@@H](CO)C(=O)N[C@H](C(N)=O)C(C)(C)C. The van der Waals surface area contributed by atoms with Crippen molar-refractivity contribution in [3.63, 3.8) is 0 Å². The Morgan fingerprint density at radius 2 is 1.41 bits per heavy atom. The summed E-state index contributed by atoms with van der Waals surface area (Å²) in [5, 5.41) is 22.9. The Morgan fingerprint density at radius 1 is 0.820 bits per heavy atom. The van der Waals surface area contributed by atoms with Gasteiger partial charge in [0.15, 0.2) is 5.96 Å². The number of thioether (sulfide) groups is 1. The number of nitrogens with zero attached hydrogens (tertiary/aromatic N) is 2. The summed E-state index contributed by atoms with van der Waals surface area (Å²) in [6, 6.07) is 0.225. The van der Waals surface area contributed by atoms with Crippen LogP contribution in [0.4, 0.5) is 0 Å². The van der Waals surface area contributed by atoms with Crippen LogP contribution in [-0.4, -0.2) is 126 Å². The van der Waals surface area contributed by atoms with Crippen LogP contribution < -0.4 is 49.5 Å². The van der Waals surface area contributed by atoms with E-state index in [0.29, 0.717) is 30.1 Å². The summed E-state index contributed by atoms with van der Waals surface area (Å²) in [4.78, 5) is 99.2. The molecular formula is C41H69N11O8S. The lowest BCUT2D eigenvalue weighted by Crippen LogP contribution is -2.60. The number of carbonyl (C=O) groups is 7. The summed E-state index contributed by atoms with van der Waals surface area (Å²) in [6.45, 7) is 5.78. The summed E-state index contributed by atoms with van der Waals surface area (Å²) in [7, 11) is 1.43. The van der Waals surface area contributed by atoms with Crippen molar-refractivity contribution < 1.29 is 38.7 Å². The molecule has 20 heteroatoms. The summed E-state index contributed by atoms with van der Waals surface area (Å²) in [5.41, 5.74) is 22.5. The molecule has 2 rings (SSSR count). The molecule has 1 aliphatic rings. The van der Waals surface area contributed by atoms with Crippen molar-refractivity contribution >= 4 is 59.1 Å². The zero-order valence-corrected chi connectivity index (χ0v) is 37.2. The third-order valence-electron chi connectivity index (χ3n) is 10.6. The second-order valence-electron chi connectivity index (χ2n) is 16.6. The molecule has 1 fully saturated rings. The number of guanidine groups is 1. The molecule has 0 saturated heterocycles. The summed E-state index contributed by atoms with van der Waals surface area (Å²) in [5.74, 6) is -4.39. The first-order chi connectivity index (χ1) is 28.7. The third kappa shape index (κ3) is 17.5. The lowest BCUT2D eigenvalue weighted by atomic mass is 9.85. The third-order valence-corrected chi connectivity index (χ3v) is 11.2. The predicted molar refractivity (Wildman–Crippen MR) is 235 cm³/mol. The van der Waals surface area contributed by atoms with E-state index in [0.717, 1.165) is 32.1 Å². The van der Waals surface area contributed by atoms with Crippen LogP contribution in [0.25, 0.3) is 0 Å². The molecule has 1 aliphatic carbocycles. The van der Waals surface area contributed by atoms with E-state index in [1.807, 2.05) is 6.26 Å². The van der Waals surface area contributed by atoms with E-state index in [1.165, 1.54) is 30.6 Å². The molecule has 14 N–H and O–H groups in total. The van der Waals surface area contributed by atoms with Gasteiger partial charge in [-0.2, -0.15) is 11.8 Å². The van der Waals surface area contributed by atoms with Crippen LogP contribution in [0.1, 0.15) is 97.1 Å². The second-order valence-corrected chi connectivity index (χ2v) is 17.6. The molecule has 0 bridgehead atoms. The van der Waals surface area contributed by atoms with Crippen LogP contribution in [0.15, 0.2) is 35.3 Å². The first-order valence-electron chi connectivity index (χ1n) is 20.7. The molecule has 0 radical (unpaired) electrons. The summed E-state index contributed by atoms with van der Waals surface area (Å²) >= 11 is 1.42. The van der Waals surface area contributed by atoms with Crippen molar-refractivity contribution in [1.29, 1.82) is 0 Å². The number of likely N-dealkylation sites (N-methyl/N-ethyl adjacent to an activating group) is 1. The fraction of sp³-hybridized carbons (Fsp3) is 0.659. The number of nitrogens with one attached hydrogen (secondary N) is 5. The fourth-order valence-corrected chi connectivity index (χ4v) is 7.54. The average molecular weight is 876 g/mol. The molecule has 7 atom stereocenters. The zero-order chi connectivity index (χ0) is 45.9. The van der Waals surface area contributed by atoms with E-state index in [-0.39, 0.29) is 25.3 Å². The number of primary amides is 1. The number of hydrogen-bond donors (Lipinski definition) is 10. The smallest absolute Gasteiger partial charge is 0.248 e. The standard InChI is InChI=1S/C41H69N11O8S/c1-24(34(55)50-30(23-53)37(58)51-32(33(43)54)41(2,3)4)47-36(57)28(19-21-61-6)48-38(59)31(26-16-11-8-12-17-26)52(5)39(60)29(18-13-20-46-40(44)45)49-35(56)27(42)22-25-14-9-7-10-15-25/h8,11-12,16-17,24-25,27-32,53H,7,9-10,13-15,18-23,42H2,1-6H3,(H2,43,54)(H,47,57)(H,48,59)(H,49,56)(H,50,55)(H,51,58)(H4,44,45,46)/t24-,27-,28-,29-,30-,31-,32+/m0/s1. The topological polar surface area (TPSA) is 320 Å². The van der Waals surface area contributed by atoms with Crippen molar-refractivity contribution in [2.45, 2.75) is 128 Å². The molecule has 7 amide bonds. The number of benzene rings is 1. The minimum atomic E-state index is -1.48. The van der Waals surface area contributed by atoms with E-state index >= 15 is 0 Å². The first-order valence-corrected chi connectivity index (χ1v) is 22.1. The zero-order valence-electron chi connectivity index (χ0n) is 36.4. The molecule has 0 aliphatic heterocycles. The van der Waals surface area contributed by atoms with E-state index in [4.69, 9.17) is 22.9 Å². The van der Waals surface area contributed by atoms with Gasteiger partial charge in [0.05, 0.1) is 12.6 Å².